The SMILES string of the molecule is CC(C)[O][Hf]([N](C)C)([N](C)C)[C]1(C)C=CC=C1. The molecule has 0 heterocycles. The minimum atomic E-state index is -3.26. The van der Waals surface area contributed by atoms with Crippen LogP contribution >= 0.6 is 0 Å². The van der Waals surface area contributed by atoms with Crippen LogP contribution in [0.3, 0.4) is 0 Å². The summed E-state index contributed by atoms with van der Waals surface area (Å²) in [5, 5.41) is 0. The first-order chi connectivity index (χ1) is 7.76. The van der Waals surface area contributed by atoms with Gasteiger partial charge >= 0.3 is 112 Å². The van der Waals surface area contributed by atoms with Crippen LogP contribution < -0.4 is 0 Å². The standard InChI is InChI=1S/C6H7.C3H7O.2C2H6N.Hf/c1-6-4-2-3-5-6;1-3(2)4;2*1-3-2;/h2-5H,1H3;3H,1-2H3;2*1-2H3;/q;3*-1;+3. The van der Waals surface area contributed by atoms with E-state index in [1.165, 1.54) is 0 Å². The average molecular weight is 405 g/mol. The Morgan fingerprint density at radius 3 is 1.71 bits per heavy atom. The van der Waals surface area contributed by atoms with E-state index in [-0.39, 0.29) is 9.28 Å². The first-order valence-electron chi connectivity index (χ1n) is 6.16. The van der Waals surface area contributed by atoms with Gasteiger partial charge in [0.05, 0.1) is 0 Å². The summed E-state index contributed by atoms with van der Waals surface area (Å²) in [6.07, 6.45) is 9.16. The summed E-state index contributed by atoms with van der Waals surface area (Å²) >= 11 is -3.26. The molecule has 0 saturated heterocycles. The normalized spacial score (nSPS) is 18.9. The maximum absolute atomic E-state index is 6.52. The molecule has 0 aliphatic heterocycles. The third kappa shape index (κ3) is 2.65. The summed E-state index contributed by atoms with van der Waals surface area (Å²) in [5.41, 5.74) is 0. The fraction of sp³-hybridized carbons (Fsp3) is 0.692. The molecule has 0 N–H and O–H groups in total. The van der Waals surface area contributed by atoms with E-state index in [0.717, 1.165) is 0 Å². The first kappa shape index (κ1) is 15.3. The van der Waals surface area contributed by atoms with Crippen LogP contribution in [-0.4, -0.2) is 40.1 Å². The van der Waals surface area contributed by atoms with Gasteiger partial charge in [0, 0.05) is 0 Å². The second kappa shape index (κ2) is 5.47. The van der Waals surface area contributed by atoms with Crippen molar-refractivity contribution in [2.75, 3.05) is 28.2 Å². The summed E-state index contributed by atoms with van der Waals surface area (Å²) < 4.78 is 11.3. The van der Waals surface area contributed by atoms with Crippen molar-refractivity contribution in [1.82, 2.24) is 5.78 Å². The number of hydrogen-bond acceptors (Lipinski definition) is 3. The van der Waals surface area contributed by atoms with Crippen LogP contribution in [0.5, 0.6) is 0 Å². The Kier molecular flexibility index (Phi) is 4.92. The summed E-state index contributed by atoms with van der Waals surface area (Å²) in [5.74, 6) is 0. The molecule has 0 atom stereocenters. The molecule has 1 aliphatic carbocycles. The fourth-order valence-electron chi connectivity index (χ4n) is 2.81. The molecule has 4 heteroatoms. The zero-order chi connectivity index (χ0) is 13.3. The molecule has 1 aliphatic rings. The van der Waals surface area contributed by atoms with Crippen molar-refractivity contribution in [2.45, 2.75) is 30.0 Å². The summed E-state index contributed by atoms with van der Waals surface area (Å²) in [7, 11) is 8.65. The first-order valence-corrected chi connectivity index (χ1v) is 12.6. The van der Waals surface area contributed by atoms with Gasteiger partial charge in [-0.3, -0.25) is 0 Å². The predicted molar refractivity (Wildman–Crippen MR) is 70.2 cm³/mol. The zero-order valence-electron chi connectivity index (χ0n) is 12.2. The third-order valence-electron chi connectivity index (χ3n) is 3.31. The molecule has 0 unspecified atom stereocenters. The molecule has 0 spiro atoms. The van der Waals surface area contributed by atoms with Crippen molar-refractivity contribution < 1.29 is 23.8 Å². The monoisotopic (exact) mass is 406 g/mol. The van der Waals surface area contributed by atoms with Crippen LogP contribution in [0.1, 0.15) is 20.8 Å². The quantitative estimate of drug-likeness (QED) is 0.655. The van der Waals surface area contributed by atoms with Crippen LogP contribution in [-0.2, 0) is 23.8 Å². The van der Waals surface area contributed by atoms with Crippen molar-refractivity contribution >= 4 is 0 Å². The van der Waals surface area contributed by atoms with E-state index in [0.29, 0.717) is 0 Å². The fourth-order valence-corrected chi connectivity index (χ4v) is 19.7. The van der Waals surface area contributed by atoms with Crippen LogP contribution in [0.4, 0.5) is 0 Å². The molecule has 0 radical (unpaired) electrons. The van der Waals surface area contributed by atoms with E-state index in [1.807, 2.05) is 0 Å². The van der Waals surface area contributed by atoms with E-state index < -0.39 is 21.0 Å². The van der Waals surface area contributed by atoms with E-state index >= 15 is 0 Å². The summed E-state index contributed by atoms with van der Waals surface area (Å²) in [6.45, 7) is 6.57. The van der Waals surface area contributed by atoms with Gasteiger partial charge in [-0.05, 0) is 0 Å². The Balaban J connectivity index is 3.24. The van der Waals surface area contributed by atoms with Crippen molar-refractivity contribution in [2.24, 2.45) is 0 Å². The van der Waals surface area contributed by atoms with E-state index in [2.05, 4.69) is 79.0 Å². The number of nitrogens with zero attached hydrogens (tertiary/aromatic N) is 2. The van der Waals surface area contributed by atoms with Gasteiger partial charge < -0.3 is 0 Å². The average Bonchev–Trinajstić information content (AvgIpc) is 2.61. The molecule has 98 valence electrons. The summed E-state index contributed by atoms with van der Waals surface area (Å²) in [6, 6.07) is 0. The van der Waals surface area contributed by atoms with Crippen LogP contribution in [0.15, 0.2) is 24.3 Å². The Bertz CT molecular complexity index is 301. The molecular formula is C13H26HfN2O. The van der Waals surface area contributed by atoms with E-state index in [9.17, 15) is 0 Å². The maximum atomic E-state index is 6.52. The molecule has 0 aromatic rings. The Labute approximate surface area is 112 Å². The van der Waals surface area contributed by atoms with Crippen molar-refractivity contribution in [3.05, 3.63) is 24.3 Å². The molecule has 0 amide bonds. The van der Waals surface area contributed by atoms with Crippen LogP contribution in [0.2, 0.25) is 3.17 Å². The molecule has 1 rings (SSSR count). The van der Waals surface area contributed by atoms with Gasteiger partial charge in [0.1, 0.15) is 0 Å². The van der Waals surface area contributed by atoms with Crippen molar-refractivity contribution in [1.29, 1.82) is 0 Å². The molecule has 0 saturated carbocycles. The van der Waals surface area contributed by atoms with Gasteiger partial charge in [-0.1, -0.05) is 0 Å². The molecule has 0 aromatic carbocycles. The van der Waals surface area contributed by atoms with Gasteiger partial charge in [-0.2, -0.15) is 0 Å². The van der Waals surface area contributed by atoms with Crippen molar-refractivity contribution in [3.63, 3.8) is 0 Å². The molecular weight excluding hydrogens is 379 g/mol. The van der Waals surface area contributed by atoms with Crippen LogP contribution in [0.25, 0.3) is 0 Å². The Hall–Kier alpha value is 0.230. The molecule has 0 fully saturated rings. The van der Waals surface area contributed by atoms with Gasteiger partial charge in [0.15, 0.2) is 0 Å². The predicted octanol–water partition coefficient (Wildman–Crippen LogP) is 2.74. The van der Waals surface area contributed by atoms with Gasteiger partial charge in [-0.15, -0.1) is 0 Å². The topological polar surface area (TPSA) is 15.7 Å². The minimum absolute atomic E-state index is 0.0737. The molecule has 17 heavy (non-hydrogen) atoms. The Morgan fingerprint density at radius 2 is 1.41 bits per heavy atom. The number of hydrogen-bond donors (Lipinski definition) is 0. The Morgan fingerprint density at radius 1 is 1.00 bits per heavy atom. The molecule has 3 nitrogen and oxygen atoms in total. The molecule has 0 aromatic heterocycles. The number of rotatable bonds is 5. The second-order valence-corrected chi connectivity index (χ2v) is 21.1. The van der Waals surface area contributed by atoms with Gasteiger partial charge in [-0.25, -0.2) is 0 Å². The summed E-state index contributed by atoms with van der Waals surface area (Å²) in [4.78, 5) is 0. The van der Waals surface area contributed by atoms with Crippen LogP contribution in [0, 0.1) is 0 Å². The second-order valence-electron chi connectivity index (χ2n) is 5.56. The van der Waals surface area contributed by atoms with Gasteiger partial charge in [0.25, 0.3) is 0 Å². The zero-order valence-corrected chi connectivity index (χ0v) is 15.8. The number of allylic oxidation sites excluding steroid dienone is 4. The third-order valence-corrected chi connectivity index (χ3v) is 21.1. The van der Waals surface area contributed by atoms with Crippen molar-refractivity contribution in [3.8, 4) is 0 Å². The van der Waals surface area contributed by atoms with E-state index in [1.54, 1.807) is 0 Å². The molecule has 0 bridgehead atoms. The van der Waals surface area contributed by atoms with Gasteiger partial charge in [0.2, 0.25) is 0 Å². The van der Waals surface area contributed by atoms with E-state index in [4.69, 9.17) is 2.85 Å².